The van der Waals surface area contributed by atoms with E-state index in [-0.39, 0.29) is 24.7 Å². The quantitative estimate of drug-likeness (QED) is 0.319. The maximum atomic E-state index is 14.5. The van der Waals surface area contributed by atoms with E-state index >= 15 is 0 Å². The van der Waals surface area contributed by atoms with Crippen LogP contribution < -0.4 is 10.4 Å². The summed E-state index contributed by atoms with van der Waals surface area (Å²) in [6, 6.07) is 28.8. The van der Waals surface area contributed by atoms with Gasteiger partial charge in [-0.05, 0) is 33.6 Å². The van der Waals surface area contributed by atoms with Gasteiger partial charge in [0.15, 0.2) is 0 Å². The van der Waals surface area contributed by atoms with E-state index in [4.69, 9.17) is 9.16 Å². The molecule has 184 valence electrons. The fourth-order valence-electron chi connectivity index (χ4n) is 4.21. The molecule has 0 fully saturated rings. The van der Waals surface area contributed by atoms with Gasteiger partial charge in [0.1, 0.15) is 18.5 Å². The van der Waals surface area contributed by atoms with E-state index in [1.54, 1.807) is 30.3 Å². The number of ether oxygens (including phenoxy) is 1. The van der Waals surface area contributed by atoms with Crippen molar-refractivity contribution in [3.8, 4) is 0 Å². The predicted octanol–water partition coefficient (Wildman–Crippen LogP) is 5.02. The van der Waals surface area contributed by atoms with Crippen LogP contribution in [0.4, 0.5) is 4.39 Å². The number of halogens is 1. The van der Waals surface area contributed by atoms with Gasteiger partial charge in [0.2, 0.25) is 0 Å². The van der Waals surface area contributed by atoms with Crippen LogP contribution in [0.3, 0.4) is 0 Å². The molecule has 4 nitrogen and oxygen atoms in total. The molecule has 1 N–H and O–H groups in total. The van der Waals surface area contributed by atoms with Gasteiger partial charge in [0.05, 0.1) is 5.56 Å². The third kappa shape index (κ3) is 6.54. The van der Waals surface area contributed by atoms with Gasteiger partial charge in [-0.3, -0.25) is 0 Å². The van der Waals surface area contributed by atoms with E-state index in [0.29, 0.717) is 5.56 Å². The first-order valence-corrected chi connectivity index (χ1v) is 13.7. The summed E-state index contributed by atoms with van der Waals surface area (Å²) < 4.78 is 26.3. The summed E-state index contributed by atoms with van der Waals surface area (Å²) >= 11 is 0. The molecule has 6 heteroatoms. The summed E-state index contributed by atoms with van der Waals surface area (Å²) in [5.41, 5.74) is 0.389. The number of aliphatic hydroxyl groups excluding tert-OH is 1. The topological polar surface area (TPSA) is 55.8 Å². The Morgan fingerprint density at radius 2 is 1.40 bits per heavy atom. The Labute approximate surface area is 208 Å². The minimum Gasteiger partial charge on any atom is -0.458 e. The predicted molar refractivity (Wildman–Crippen MR) is 140 cm³/mol. The van der Waals surface area contributed by atoms with Gasteiger partial charge in [-0.25, -0.2) is 9.18 Å². The molecule has 35 heavy (non-hydrogen) atoms. The smallest absolute Gasteiger partial charge is 0.338 e. The molecule has 0 radical (unpaired) electrons. The maximum Gasteiger partial charge on any atom is 0.338 e. The Balaban J connectivity index is 1.69. The molecule has 0 aliphatic heterocycles. The van der Waals surface area contributed by atoms with Crippen LogP contribution in [0.1, 0.15) is 37.6 Å². The SMILES string of the molecule is CC(C)(C)[Si](OCC[C@@H](O)/C(F)=C/COC(=O)c1ccccc1)(c1ccccc1)c1ccccc1. The lowest BCUT2D eigenvalue weighted by Gasteiger charge is -2.43. The molecule has 0 spiro atoms. The van der Waals surface area contributed by atoms with E-state index in [0.717, 1.165) is 16.4 Å². The molecule has 0 heterocycles. The normalized spacial score (nSPS) is 13.3. The Kier molecular flexibility index (Phi) is 9.15. The van der Waals surface area contributed by atoms with Gasteiger partial charge in [-0.1, -0.05) is 99.6 Å². The third-order valence-corrected chi connectivity index (χ3v) is 11.0. The second-order valence-electron chi connectivity index (χ2n) is 9.37. The molecule has 0 amide bonds. The van der Waals surface area contributed by atoms with Crippen molar-refractivity contribution in [3.05, 3.63) is 108 Å². The summed E-state index contributed by atoms with van der Waals surface area (Å²) in [5.74, 6) is -1.28. The zero-order valence-corrected chi connectivity index (χ0v) is 21.5. The van der Waals surface area contributed by atoms with Gasteiger partial charge in [-0.15, -0.1) is 0 Å². The molecule has 0 aliphatic rings. The number of esters is 1. The van der Waals surface area contributed by atoms with Crippen LogP contribution in [0.25, 0.3) is 0 Å². The highest BCUT2D eigenvalue weighted by Crippen LogP contribution is 2.36. The molecule has 0 unspecified atom stereocenters. The lowest BCUT2D eigenvalue weighted by Crippen LogP contribution is -2.66. The van der Waals surface area contributed by atoms with E-state index in [1.807, 2.05) is 36.4 Å². The van der Waals surface area contributed by atoms with E-state index in [1.165, 1.54) is 0 Å². The molecule has 3 aromatic rings. The average Bonchev–Trinajstić information content (AvgIpc) is 2.87. The minimum absolute atomic E-state index is 0.0828. The Morgan fingerprint density at radius 1 is 0.914 bits per heavy atom. The molecule has 0 aromatic heterocycles. The summed E-state index contributed by atoms with van der Waals surface area (Å²) in [6.45, 7) is 6.41. The number of carbonyl (C=O) groups is 1. The molecular formula is C29H33FO4Si. The van der Waals surface area contributed by atoms with Crippen molar-refractivity contribution in [1.82, 2.24) is 0 Å². The summed E-state index contributed by atoms with van der Waals surface area (Å²) in [5, 5.41) is 12.4. The molecule has 0 saturated carbocycles. The van der Waals surface area contributed by atoms with E-state index in [9.17, 15) is 14.3 Å². The number of hydrogen-bond acceptors (Lipinski definition) is 4. The van der Waals surface area contributed by atoms with Crippen LogP contribution in [0, 0.1) is 0 Å². The Bertz CT molecular complexity index is 1060. The number of hydrogen-bond donors (Lipinski definition) is 1. The highest BCUT2D eigenvalue weighted by atomic mass is 28.4. The van der Waals surface area contributed by atoms with Crippen LogP contribution in [-0.4, -0.2) is 38.7 Å². The number of benzene rings is 3. The lowest BCUT2D eigenvalue weighted by atomic mass is 10.2. The van der Waals surface area contributed by atoms with Gasteiger partial charge in [-0.2, -0.15) is 0 Å². The maximum absolute atomic E-state index is 14.5. The molecule has 0 saturated heterocycles. The summed E-state index contributed by atoms with van der Waals surface area (Å²) in [6.07, 6.45) is -0.169. The first-order valence-electron chi connectivity index (χ1n) is 11.8. The Hall–Kier alpha value is -3.06. The zero-order chi connectivity index (χ0) is 25.3. The van der Waals surface area contributed by atoms with Crippen LogP contribution in [0.15, 0.2) is 103 Å². The van der Waals surface area contributed by atoms with Crippen molar-refractivity contribution in [2.75, 3.05) is 13.2 Å². The molecule has 0 bridgehead atoms. The van der Waals surface area contributed by atoms with Crippen molar-refractivity contribution < 1.29 is 23.5 Å². The van der Waals surface area contributed by atoms with Gasteiger partial charge in [0.25, 0.3) is 8.32 Å². The largest absolute Gasteiger partial charge is 0.458 e. The highest BCUT2D eigenvalue weighted by molar-refractivity contribution is 6.99. The number of carbonyl (C=O) groups excluding carboxylic acids is 1. The first-order chi connectivity index (χ1) is 16.8. The highest BCUT2D eigenvalue weighted by Gasteiger charge is 2.50. The zero-order valence-electron chi connectivity index (χ0n) is 20.5. The van der Waals surface area contributed by atoms with Crippen molar-refractivity contribution in [2.45, 2.75) is 38.3 Å². The molecule has 3 aromatic carbocycles. The fraction of sp³-hybridized carbons (Fsp3) is 0.276. The third-order valence-electron chi connectivity index (χ3n) is 5.95. The van der Waals surface area contributed by atoms with E-state index in [2.05, 4.69) is 45.0 Å². The molecule has 3 rings (SSSR count). The van der Waals surface area contributed by atoms with Crippen LogP contribution in [-0.2, 0) is 9.16 Å². The van der Waals surface area contributed by atoms with Crippen LogP contribution >= 0.6 is 0 Å². The van der Waals surface area contributed by atoms with Gasteiger partial charge < -0.3 is 14.3 Å². The van der Waals surface area contributed by atoms with Crippen molar-refractivity contribution in [2.24, 2.45) is 0 Å². The van der Waals surface area contributed by atoms with E-state index < -0.39 is 26.2 Å². The Morgan fingerprint density at radius 3 is 1.89 bits per heavy atom. The minimum atomic E-state index is -2.75. The van der Waals surface area contributed by atoms with Crippen molar-refractivity contribution >= 4 is 24.7 Å². The second-order valence-corrected chi connectivity index (χ2v) is 13.7. The van der Waals surface area contributed by atoms with Crippen molar-refractivity contribution in [3.63, 3.8) is 0 Å². The number of aliphatic hydroxyl groups is 1. The molecule has 0 aliphatic carbocycles. The molecular weight excluding hydrogens is 459 g/mol. The summed E-state index contributed by atoms with van der Waals surface area (Å²) in [7, 11) is -2.75. The molecule has 1 atom stereocenters. The lowest BCUT2D eigenvalue weighted by molar-refractivity contribution is 0.0544. The van der Waals surface area contributed by atoms with Crippen LogP contribution in [0.5, 0.6) is 0 Å². The fourth-order valence-corrected chi connectivity index (χ4v) is 8.79. The number of rotatable bonds is 10. The summed E-state index contributed by atoms with van der Waals surface area (Å²) in [4.78, 5) is 12.0. The monoisotopic (exact) mass is 492 g/mol. The van der Waals surface area contributed by atoms with Crippen molar-refractivity contribution in [1.29, 1.82) is 0 Å². The van der Waals surface area contributed by atoms with Gasteiger partial charge >= 0.3 is 5.97 Å². The standard InChI is InChI=1S/C29H33FO4Si/c1-29(2,3)35(24-15-9-5-10-16-24,25-17-11-6-12-18-25)34-22-20-27(31)26(30)19-21-33-28(32)23-13-7-4-8-14-23/h4-19,27,31H,20-22H2,1-3H3/b26-19-/t27-/m1/s1. The van der Waals surface area contributed by atoms with Crippen LogP contribution in [0.2, 0.25) is 5.04 Å². The average molecular weight is 493 g/mol. The van der Waals surface area contributed by atoms with Gasteiger partial charge in [0, 0.05) is 13.0 Å². The first kappa shape index (κ1) is 26.5. The second kappa shape index (κ2) is 12.1.